The summed E-state index contributed by atoms with van der Waals surface area (Å²) in [6.07, 6.45) is 1.46. The number of alkyl halides is 2. The molecule has 3 aromatic heterocycles. The molecule has 8 heteroatoms. The molecule has 0 amide bonds. The molecule has 0 saturated heterocycles. The van der Waals surface area contributed by atoms with Crippen molar-refractivity contribution in [2.45, 2.75) is 19.4 Å². The van der Waals surface area contributed by atoms with Crippen molar-refractivity contribution in [2.75, 3.05) is 11.9 Å². The van der Waals surface area contributed by atoms with Crippen LogP contribution in [0.2, 0.25) is 0 Å². The summed E-state index contributed by atoms with van der Waals surface area (Å²) in [7, 11) is 0. The molecule has 29 heavy (non-hydrogen) atoms. The molecule has 0 spiro atoms. The molecule has 5 rings (SSSR count). The smallest absolute Gasteiger partial charge is 0.320 e. The summed E-state index contributed by atoms with van der Waals surface area (Å²) < 4.78 is 34.3. The molecule has 0 aliphatic heterocycles. The van der Waals surface area contributed by atoms with Gasteiger partial charge in [0.05, 0.1) is 11.0 Å². The summed E-state index contributed by atoms with van der Waals surface area (Å²) >= 11 is 0. The van der Waals surface area contributed by atoms with Gasteiger partial charge in [0.15, 0.2) is 11.4 Å². The van der Waals surface area contributed by atoms with Crippen LogP contribution in [0.15, 0.2) is 59.3 Å². The fourth-order valence-electron chi connectivity index (χ4n) is 3.61. The van der Waals surface area contributed by atoms with Gasteiger partial charge in [-0.25, -0.2) is 15.0 Å². The third-order valence-electron chi connectivity index (χ3n) is 4.99. The van der Waals surface area contributed by atoms with E-state index in [0.717, 1.165) is 15.5 Å². The number of nitrogens with zero attached hydrogens (tertiary/aromatic N) is 4. The maximum absolute atomic E-state index is 13.7. The first kappa shape index (κ1) is 17.5. The van der Waals surface area contributed by atoms with Crippen LogP contribution in [0.4, 0.5) is 14.6 Å². The summed E-state index contributed by atoms with van der Waals surface area (Å²) in [5.74, 6) is 0.562. The second-order valence-electron chi connectivity index (χ2n) is 6.89. The van der Waals surface area contributed by atoms with Crippen LogP contribution in [-0.4, -0.2) is 26.1 Å². The molecule has 0 aliphatic rings. The van der Waals surface area contributed by atoms with E-state index in [-0.39, 0.29) is 5.92 Å². The Balaban J connectivity index is 1.48. The molecule has 0 bridgehead atoms. The van der Waals surface area contributed by atoms with Gasteiger partial charge in [0.25, 0.3) is 0 Å². The highest BCUT2D eigenvalue weighted by molar-refractivity contribution is 6.05. The number of anilines is 1. The van der Waals surface area contributed by atoms with Crippen molar-refractivity contribution < 1.29 is 13.2 Å². The van der Waals surface area contributed by atoms with Gasteiger partial charge in [-0.05, 0) is 24.3 Å². The molecule has 3 heterocycles. The fourth-order valence-corrected chi connectivity index (χ4v) is 3.61. The molecule has 0 radical (unpaired) electrons. The average Bonchev–Trinajstić information content (AvgIpc) is 3.31. The van der Waals surface area contributed by atoms with Gasteiger partial charge in [0.2, 0.25) is 0 Å². The first-order chi connectivity index (χ1) is 14.1. The van der Waals surface area contributed by atoms with Crippen LogP contribution in [-0.2, 0) is 0 Å². The number of rotatable bonds is 5. The van der Waals surface area contributed by atoms with Gasteiger partial charge >= 0.3 is 6.55 Å². The number of hydrogen-bond acceptors (Lipinski definition) is 5. The molecule has 0 unspecified atom stereocenters. The van der Waals surface area contributed by atoms with E-state index in [2.05, 4.69) is 20.3 Å². The predicted octanol–water partition coefficient (Wildman–Crippen LogP) is 5.34. The van der Waals surface area contributed by atoms with Gasteiger partial charge in [-0.15, -0.1) is 0 Å². The Bertz CT molecular complexity index is 1330. The zero-order valence-electron chi connectivity index (χ0n) is 15.5. The summed E-state index contributed by atoms with van der Waals surface area (Å²) in [6.45, 7) is -0.454. The van der Waals surface area contributed by atoms with Crippen molar-refractivity contribution in [3.63, 3.8) is 0 Å². The van der Waals surface area contributed by atoms with Gasteiger partial charge in [-0.3, -0.25) is 4.57 Å². The third-order valence-corrected chi connectivity index (χ3v) is 4.99. The van der Waals surface area contributed by atoms with Crippen LogP contribution >= 0.6 is 0 Å². The number of hydrogen-bond donors (Lipinski definition) is 1. The van der Waals surface area contributed by atoms with E-state index in [9.17, 15) is 8.78 Å². The fraction of sp³-hybridized carbons (Fsp3) is 0.190. The zero-order chi connectivity index (χ0) is 20.0. The number of nitrogens with one attached hydrogen (secondary N) is 1. The number of furan rings is 1. The highest BCUT2D eigenvalue weighted by Crippen LogP contribution is 2.31. The Labute approximate surface area is 164 Å². The van der Waals surface area contributed by atoms with E-state index in [1.54, 1.807) is 24.3 Å². The SMILES string of the molecule is C[C@@H](CNc1ncnc2c1oc1ccccc12)c1nc2ccccc2n1C(F)F. The van der Waals surface area contributed by atoms with Crippen LogP contribution in [0.5, 0.6) is 0 Å². The van der Waals surface area contributed by atoms with E-state index < -0.39 is 6.55 Å². The molecule has 2 aromatic carbocycles. The monoisotopic (exact) mass is 393 g/mol. The minimum absolute atomic E-state index is 0.286. The van der Waals surface area contributed by atoms with E-state index in [1.165, 1.54) is 6.33 Å². The van der Waals surface area contributed by atoms with Crippen molar-refractivity contribution in [3.8, 4) is 0 Å². The maximum atomic E-state index is 13.7. The second kappa shape index (κ2) is 6.80. The van der Waals surface area contributed by atoms with Crippen LogP contribution in [0.25, 0.3) is 33.1 Å². The van der Waals surface area contributed by atoms with Crippen LogP contribution in [0.3, 0.4) is 0 Å². The number of imidazole rings is 1. The summed E-state index contributed by atoms with van der Waals surface area (Å²) in [6, 6.07) is 14.5. The number of fused-ring (bicyclic) bond motifs is 4. The maximum Gasteiger partial charge on any atom is 0.320 e. The van der Waals surface area contributed by atoms with Gasteiger partial charge in [-0.1, -0.05) is 31.2 Å². The lowest BCUT2D eigenvalue weighted by atomic mass is 10.1. The number of para-hydroxylation sites is 3. The average molecular weight is 393 g/mol. The molecule has 1 atom stereocenters. The largest absolute Gasteiger partial charge is 0.450 e. The molecule has 0 saturated carbocycles. The predicted molar refractivity (Wildman–Crippen MR) is 107 cm³/mol. The molecule has 146 valence electrons. The van der Waals surface area contributed by atoms with E-state index in [0.29, 0.717) is 40.3 Å². The van der Waals surface area contributed by atoms with E-state index in [1.807, 2.05) is 31.2 Å². The minimum Gasteiger partial charge on any atom is -0.450 e. The Kier molecular flexibility index (Phi) is 4.12. The molecule has 6 nitrogen and oxygen atoms in total. The van der Waals surface area contributed by atoms with Crippen molar-refractivity contribution >= 4 is 38.9 Å². The Morgan fingerprint density at radius 2 is 1.86 bits per heavy atom. The lowest BCUT2D eigenvalue weighted by molar-refractivity contribution is 0.0706. The molecule has 0 aliphatic carbocycles. The number of aromatic nitrogens is 4. The van der Waals surface area contributed by atoms with Crippen LogP contribution < -0.4 is 5.32 Å². The van der Waals surface area contributed by atoms with E-state index >= 15 is 0 Å². The van der Waals surface area contributed by atoms with Gasteiger partial charge in [-0.2, -0.15) is 8.78 Å². The zero-order valence-corrected chi connectivity index (χ0v) is 15.5. The van der Waals surface area contributed by atoms with Crippen LogP contribution in [0.1, 0.15) is 25.2 Å². The first-order valence-electron chi connectivity index (χ1n) is 9.24. The van der Waals surface area contributed by atoms with Crippen molar-refractivity contribution in [3.05, 3.63) is 60.7 Å². The number of benzene rings is 2. The summed E-state index contributed by atoms with van der Waals surface area (Å²) in [4.78, 5) is 13.0. The minimum atomic E-state index is -2.67. The van der Waals surface area contributed by atoms with E-state index in [4.69, 9.17) is 4.42 Å². The van der Waals surface area contributed by atoms with Crippen LogP contribution in [0, 0.1) is 0 Å². The Morgan fingerprint density at radius 1 is 1.07 bits per heavy atom. The van der Waals surface area contributed by atoms with Gasteiger partial charge < -0.3 is 9.73 Å². The third kappa shape index (κ3) is 2.88. The van der Waals surface area contributed by atoms with Crippen molar-refractivity contribution in [2.24, 2.45) is 0 Å². The molecule has 0 fully saturated rings. The van der Waals surface area contributed by atoms with Gasteiger partial charge in [0.1, 0.15) is 23.3 Å². The Morgan fingerprint density at radius 3 is 2.72 bits per heavy atom. The normalized spacial score (nSPS) is 13.0. The summed E-state index contributed by atoms with van der Waals surface area (Å²) in [5, 5.41) is 4.12. The summed E-state index contributed by atoms with van der Waals surface area (Å²) in [5.41, 5.74) is 2.95. The lowest BCUT2D eigenvalue weighted by Crippen LogP contribution is -2.16. The molecule has 5 aromatic rings. The Hall–Kier alpha value is -3.55. The molecular formula is C21H17F2N5O. The quantitative estimate of drug-likeness (QED) is 0.437. The lowest BCUT2D eigenvalue weighted by Gasteiger charge is -2.15. The standard InChI is InChI=1S/C21H17F2N5O/c1-12(20-27-14-7-3-4-8-15(14)28(20)21(22)23)10-24-19-18-17(25-11-26-19)13-6-2-5-9-16(13)29-18/h2-9,11-12,21H,10H2,1H3,(H,24,25,26)/t12-/m0/s1. The van der Waals surface area contributed by atoms with Crippen molar-refractivity contribution in [1.29, 1.82) is 0 Å². The molecule has 1 N–H and O–H groups in total. The first-order valence-corrected chi connectivity index (χ1v) is 9.24. The highest BCUT2D eigenvalue weighted by atomic mass is 19.3. The topological polar surface area (TPSA) is 68.8 Å². The number of halogens is 2. The highest BCUT2D eigenvalue weighted by Gasteiger charge is 2.22. The van der Waals surface area contributed by atoms with Gasteiger partial charge in [0, 0.05) is 17.8 Å². The van der Waals surface area contributed by atoms with Crippen molar-refractivity contribution in [1.82, 2.24) is 19.5 Å². The molecular weight excluding hydrogens is 376 g/mol. The second-order valence-corrected chi connectivity index (χ2v) is 6.89.